The van der Waals surface area contributed by atoms with E-state index in [4.69, 9.17) is 25.8 Å². The van der Waals surface area contributed by atoms with Crippen molar-refractivity contribution in [2.45, 2.75) is 50.7 Å². The molecule has 0 radical (unpaired) electrons. The summed E-state index contributed by atoms with van der Waals surface area (Å²) < 4.78 is 32.3. The van der Waals surface area contributed by atoms with Crippen molar-refractivity contribution >= 4 is 34.0 Å². The van der Waals surface area contributed by atoms with Crippen LogP contribution in [0.1, 0.15) is 38.5 Å². The van der Waals surface area contributed by atoms with Crippen LogP contribution in [-0.4, -0.2) is 84.5 Å². The first-order valence-electron chi connectivity index (χ1n) is 14.5. The summed E-state index contributed by atoms with van der Waals surface area (Å²) in [5.41, 5.74) is 1.35. The summed E-state index contributed by atoms with van der Waals surface area (Å²) in [7, 11) is 0. The number of fused-ring (bicyclic) bond motifs is 1. The number of ether oxygens (including phenoxy) is 3. The Kier molecular flexibility index (Phi) is 8.82. The minimum absolute atomic E-state index is 0.0470. The van der Waals surface area contributed by atoms with Crippen LogP contribution >= 0.6 is 11.6 Å². The molecule has 3 heterocycles. The van der Waals surface area contributed by atoms with Gasteiger partial charge in [-0.05, 0) is 56.7 Å². The zero-order chi connectivity index (χ0) is 27.3. The standard InChI is InChI=1S/C30H37ClFN5O3/c31-25-16-21(7-8-26(25)32)35-30-29-27(33-20-34-30)17-24(18-28(29)40-22-4-1-2-5-22)39-15-13-36-9-11-37(12-10-36)19-23-6-3-14-38-23/h7-8,16-18,20,22-23H,1-6,9-15,19H2,(H,33,34,35). The van der Waals surface area contributed by atoms with E-state index < -0.39 is 5.82 Å². The molecule has 3 fully saturated rings. The lowest BCUT2D eigenvalue weighted by atomic mass is 10.2. The predicted molar refractivity (Wildman–Crippen MR) is 154 cm³/mol. The summed E-state index contributed by atoms with van der Waals surface area (Å²) in [5, 5.41) is 4.09. The third-order valence-corrected chi connectivity index (χ3v) is 8.37. The molecule has 1 aromatic heterocycles. The second kappa shape index (κ2) is 12.9. The summed E-state index contributed by atoms with van der Waals surface area (Å²) in [6.45, 7) is 7.65. The molecule has 0 bridgehead atoms. The molecular weight excluding hydrogens is 533 g/mol. The Hall–Kier alpha value is -2.72. The Bertz CT molecular complexity index is 1290. The van der Waals surface area contributed by atoms with Gasteiger partial charge in [0.25, 0.3) is 0 Å². The number of rotatable bonds is 10. The summed E-state index contributed by atoms with van der Waals surface area (Å²) >= 11 is 6.01. The molecule has 6 rings (SSSR count). The van der Waals surface area contributed by atoms with Gasteiger partial charge in [0.1, 0.15) is 36.1 Å². The lowest BCUT2D eigenvalue weighted by Crippen LogP contribution is -2.49. The lowest BCUT2D eigenvalue weighted by Gasteiger charge is -2.35. The molecule has 8 nitrogen and oxygen atoms in total. The number of anilines is 2. The topological polar surface area (TPSA) is 72.0 Å². The van der Waals surface area contributed by atoms with Crippen molar-refractivity contribution in [2.24, 2.45) is 0 Å². The van der Waals surface area contributed by atoms with Crippen LogP contribution in [-0.2, 0) is 4.74 Å². The molecule has 0 spiro atoms. The second-order valence-corrected chi connectivity index (χ2v) is 11.3. The second-order valence-electron chi connectivity index (χ2n) is 10.9. The van der Waals surface area contributed by atoms with Crippen molar-refractivity contribution < 1.29 is 18.6 Å². The molecule has 3 aliphatic rings. The maximum atomic E-state index is 13.7. The van der Waals surface area contributed by atoms with Crippen molar-refractivity contribution in [3.8, 4) is 11.5 Å². The molecule has 2 saturated heterocycles. The third kappa shape index (κ3) is 6.77. The van der Waals surface area contributed by atoms with Crippen LogP contribution in [0, 0.1) is 5.82 Å². The number of aromatic nitrogens is 2. The van der Waals surface area contributed by atoms with E-state index in [1.165, 1.54) is 25.2 Å². The van der Waals surface area contributed by atoms with Gasteiger partial charge in [0.05, 0.1) is 28.1 Å². The fourth-order valence-corrected chi connectivity index (χ4v) is 6.04. The highest BCUT2D eigenvalue weighted by molar-refractivity contribution is 6.31. The summed E-state index contributed by atoms with van der Waals surface area (Å²) in [4.78, 5) is 14.0. The largest absolute Gasteiger partial charge is 0.492 e. The average molecular weight is 570 g/mol. The molecule has 214 valence electrons. The van der Waals surface area contributed by atoms with E-state index in [2.05, 4.69) is 25.1 Å². The molecule has 0 amide bonds. The van der Waals surface area contributed by atoms with Gasteiger partial charge in [0, 0.05) is 63.7 Å². The SMILES string of the molecule is Fc1ccc(Nc2ncnc3cc(OCCN4CCN(CC5CCCO5)CC4)cc(OC4CCCC4)c23)cc1Cl. The third-order valence-electron chi connectivity index (χ3n) is 8.08. The number of hydrogen-bond acceptors (Lipinski definition) is 8. The van der Waals surface area contributed by atoms with Crippen molar-refractivity contribution in [2.75, 3.05) is 57.8 Å². The quantitative estimate of drug-likeness (QED) is 0.335. The highest BCUT2D eigenvalue weighted by Crippen LogP contribution is 2.38. The van der Waals surface area contributed by atoms with Gasteiger partial charge < -0.3 is 19.5 Å². The summed E-state index contributed by atoms with van der Waals surface area (Å²) in [5.74, 6) is 1.53. The molecular formula is C30H37ClFN5O3. The molecule has 1 atom stereocenters. The molecule has 2 aromatic carbocycles. The molecule has 1 N–H and O–H groups in total. The Morgan fingerprint density at radius 2 is 1.82 bits per heavy atom. The number of piperazine rings is 1. The first kappa shape index (κ1) is 27.4. The normalized spacial score (nSPS) is 20.8. The van der Waals surface area contributed by atoms with Gasteiger partial charge in [-0.2, -0.15) is 0 Å². The maximum Gasteiger partial charge on any atom is 0.145 e. The van der Waals surface area contributed by atoms with E-state index in [-0.39, 0.29) is 11.1 Å². The van der Waals surface area contributed by atoms with E-state index in [9.17, 15) is 4.39 Å². The minimum atomic E-state index is -0.465. The van der Waals surface area contributed by atoms with E-state index >= 15 is 0 Å². The van der Waals surface area contributed by atoms with Crippen LogP contribution in [0.3, 0.4) is 0 Å². The lowest BCUT2D eigenvalue weighted by molar-refractivity contribution is 0.0478. The Morgan fingerprint density at radius 3 is 2.60 bits per heavy atom. The molecule has 1 saturated carbocycles. The van der Waals surface area contributed by atoms with Crippen molar-refractivity contribution in [1.82, 2.24) is 19.8 Å². The van der Waals surface area contributed by atoms with Gasteiger partial charge in [0.15, 0.2) is 0 Å². The van der Waals surface area contributed by atoms with Crippen LogP contribution in [0.2, 0.25) is 5.02 Å². The first-order valence-corrected chi connectivity index (χ1v) is 14.8. The fraction of sp³-hybridized carbons (Fsp3) is 0.533. The van der Waals surface area contributed by atoms with E-state index in [1.54, 1.807) is 12.1 Å². The highest BCUT2D eigenvalue weighted by Gasteiger charge is 2.23. The average Bonchev–Trinajstić information content (AvgIpc) is 3.67. The number of nitrogens with one attached hydrogen (secondary N) is 1. The minimum Gasteiger partial charge on any atom is -0.492 e. The Balaban J connectivity index is 1.13. The van der Waals surface area contributed by atoms with Gasteiger partial charge >= 0.3 is 0 Å². The molecule has 40 heavy (non-hydrogen) atoms. The molecule has 1 unspecified atom stereocenters. The van der Waals surface area contributed by atoms with E-state index in [1.807, 2.05) is 12.1 Å². The van der Waals surface area contributed by atoms with Crippen molar-refractivity contribution in [3.05, 3.63) is 47.5 Å². The van der Waals surface area contributed by atoms with E-state index in [0.29, 0.717) is 30.0 Å². The highest BCUT2D eigenvalue weighted by atomic mass is 35.5. The van der Waals surface area contributed by atoms with Gasteiger partial charge in [0.2, 0.25) is 0 Å². The zero-order valence-electron chi connectivity index (χ0n) is 22.8. The van der Waals surface area contributed by atoms with Gasteiger partial charge in [-0.15, -0.1) is 0 Å². The molecule has 10 heteroatoms. The number of halogens is 2. The Labute approximate surface area is 239 Å². The number of benzene rings is 2. The molecule has 2 aliphatic heterocycles. The number of hydrogen-bond donors (Lipinski definition) is 1. The first-order chi connectivity index (χ1) is 19.6. The molecule has 3 aromatic rings. The maximum absolute atomic E-state index is 13.7. The smallest absolute Gasteiger partial charge is 0.145 e. The summed E-state index contributed by atoms with van der Waals surface area (Å²) in [6, 6.07) is 8.39. The predicted octanol–water partition coefficient (Wildman–Crippen LogP) is 5.66. The van der Waals surface area contributed by atoms with Crippen LogP contribution < -0.4 is 14.8 Å². The van der Waals surface area contributed by atoms with Crippen LogP contribution in [0.4, 0.5) is 15.9 Å². The Morgan fingerprint density at radius 1 is 1.00 bits per heavy atom. The van der Waals surface area contributed by atoms with Gasteiger partial charge in [-0.1, -0.05) is 11.6 Å². The molecule has 1 aliphatic carbocycles. The van der Waals surface area contributed by atoms with Crippen LogP contribution in [0.5, 0.6) is 11.5 Å². The van der Waals surface area contributed by atoms with Crippen LogP contribution in [0.15, 0.2) is 36.7 Å². The monoisotopic (exact) mass is 569 g/mol. The van der Waals surface area contributed by atoms with E-state index in [0.717, 1.165) is 88.2 Å². The zero-order valence-corrected chi connectivity index (χ0v) is 23.5. The van der Waals surface area contributed by atoms with Gasteiger partial charge in [-0.25, -0.2) is 14.4 Å². The number of nitrogens with zero attached hydrogens (tertiary/aromatic N) is 4. The van der Waals surface area contributed by atoms with Crippen molar-refractivity contribution in [1.29, 1.82) is 0 Å². The van der Waals surface area contributed by atoms with Crippen LogP contribution in [0.25, 0.3) is 10.9 Å². The summed E-state index contributed by atoms with van der Waals surface area (Å²) in [6.07, 6.45) is 8.83. The van der Waals surface area contributed by atoms with Gasteiger partial charge in [-0.3, -0.25) is 9.80 Å². The fourth-order valence-electron chi connectivity index (χ4n) is 5.86. The van der Waals surface area contributed by atoms with Crippen molar-refractivity contribution in [3.63, 3.8) is 0 Å².